The average Bonchev–Trinajstić information content (AvgIpc) is 1.86. The molecule has 1 aromatic heterocycles. The van der Waals surface area contributed by atoms with Crippen molar-refractivity contribution in [3.05, 3.63) is 18.7 Å². The second-order valence-electron chi connectivity index (χ2n) is 0.907. The van der Waals surface area contributed by atoms with Gasteiger partial charge in [-0.3, -0.25) is 0 Å². The van der Waals surface area contributed by atoms with Gasteiger partial charge in [0.25, 0.3) is 0 Å². The number of halogens is 1. The minimum absolute atomic E-state index is 0. The normalized spacial score (nSPS) is 7.57. The van der Waals surface area contributed by atoms with E-state index in [2.05, 4.69) is 4.98 Å². The van der Waals surface area contributed by atoms with Crippen LogP contribution in [0.2, 0.25) is 0 Å². The fourth-order valence-electron chi connectivity index (χ4n) is 0.243. The molecule has 0 aliphatic rings. The Morgan fingerprint density at radius 3 is 2.43 bits per heavy atom. The van der Waals surface area contributed by atoms with E-state index in [1.807, 2.05) is 0 Å². The predicted octanol–water partition coefficient (Wildman–Crippen LogP) is -0.0328. The first-order valence-electron chi connectivity index (χ1n) is 1.54. The van der Waals surface area contributed by atoms with Crippen LogP contribution in [0.25, 0.3) is 0 Å². The van der Waals surface area contributed by atoms with Crippen LogP contribution in [0.5, 0.6) is 0 Å². The maximum absolute atomic E-state index is 11.5. The Kier molecular flexibility index (Phi) is 3.25. The Hall–Kier alpha value is 0.140. The molecule has 1 aromatic rings. The first-order chi connectivity index (χ1) is 2.89. The van der Waals surface area contributed by atoms with Crippen LogP contribution in [0.4, 0.5) is 4.48 Å². The van der Waals surface area contributed by atoms with Crippen LogP contribution in [0.3, 0.4) is 0 Å². The van der Waals surface area contributed by atoms with E-state index >= 15 is 0 Å². The fourth-order valence-corrected chi connectivity index (χ4v) is 0.243. The molecule has 0 radical (unpaired) electrons. The van der Waals surface area contributed by atoms with Crippen molar-refractivity contribution in [3.63, 3.8) is 0 Å². The van der Waals surface area contributed by atoms with Crippen LogP contribution < -0.4 is 0 Å². The summed E-state index contributed by atoms with van der Waals surface area (Å²) in [5, 5.41) is 0. The average molecular weight is 110 g/mol. The first-order valence-corrected chi connectivity index (χ1v) is 1.54. The molecule has 34 valence electrons. The summed E-state index contributed by atoms with van der Waals surface area (Å²) in [5.74, 6) is 0. The van der Waals surface area contributed by atoms with E-state index in [1.54, 1.807) is 0 Å². The molecule has 0 aromatic carbocycles. The molecular formula is C3H4FN2Na. The van der Waals surface area contributed by atoms with Crippen LogP contribution in [-0.4, -0.2) is 39.3 Å². The van der Waals surface area contributed by atoms with Crippen molar-refractivity contribution in [1.29, 1.82) is 0 Å². The van der Waals surface area contributed by atoms with Gasteiger partial charge in [0.15, 0.2) is 0 Å². The molecule has 0 amide bonds. The molecule has 0 saturated carbocycles. The Morgan fingerprint density at radius 1 is 1.57 bits per heavy atom. The molecule has 0 saturated heterocycles. The molecule has 1 heterocycles. The van der Waals surface area contributed by atoms with Gasteiger partial charge in [-0.05, 0) is 0 Å². The third-order valence-electron chi connectivity index (χ3n) is 0.472. The minimum atomic E-state index is 0. The van der Waals surface area contributed by atoms with Crippen LogP contribution >= 0.6 is 0 Å². The summed E-state index contributed by atoms with van der Waals surface area (Å²) in [5.41, 5.74) is 0. The molecule has 1 rings (SSSR count). The van der Waals surface area contributed by atoms with Crippen molar-refractivity contribution in [2.75, 3.05) is 0 Å². The number of nitrogens with zero attached hydrogens (tertiary/aromatic N) is 2. The SMILES string of the molecule is Fn1ccnc1.[NaH]. The molecule has 2 nitrogen and oxygen atoms in total. The van der Waals surface area contributed by atoms with Crippen molar-refractivity contribution >= 4 is 29.6 Å². The summed E-state index contributed by atoms with van der Waals surface area (Å²) in [6.45, 7) is 0. The van der Waals surface area contributed by atoms with E-state index in [-0.39, 0.29) is 29.6 Å². The van der Waals surface area contributed by atoms with E-state index in [0.717, 1.165) is 6.33 Å². The molecule has 7 heavy (non-hydrogen) atoms. The van der Waals surface area contributed by atoms with Gasteiger partial charge in [0.2, 0.25) is 0 Å². The summed E-state index contributed by atoms with van der Waals surface area (Å²) >= 11 is 0. The van der Waals surface area contributed by atoms with Gasteiger partial charge in [0.05, 0.1) is 6.20 Å². The van der Waals surface area contributed by atoms with Gasteiger partial charge in [-0.25, -0.2) is 4.98 Å². The van der Waals surface area contributed by atoms with Crippen molar-refractivity contribution in [1.82, 2.24) is 9.77 Å². The molecule has 0 bridgehead atoms. The van der Waals surface area contributed by atoms with Gasteiger partial charge >= 0.3 is 29.6 Å². The summed E-state index contributed by atoms with van der Waals surface area (Å²) in [6, 6.07) is 0. The zero-order valence-electron chi connectivity index (χ0n) is 3.00. The number of imidazole rings is 1. The van der Waals surface area contributed by atoms with Gasteiger partial charge in [0.1, 0.15) is 6.33 Å². The standard InChI is InChI=1S/C3H3FN2.Na.H/c4-6-2-1-5-3-6;;/h1-3H;;. The van der Waals surface area contributed by atoms with Crippen molar-refractivity contribution < 1.29 is 4.48 Å². The number of hydrogen-bond donors (Lipinski definition) is 0. The van der Waals surface area contributed by atoms with Crippen LogP contribution in [0.15, 0.2) is 18.7 Å². The zero-order valence-corrected chi connectivity index (χ0v) is 3.00. The molecule has 4 heteroatoms. The Morgan fingerprint density at radius 2 is 2.29 bits per heavy atom. The quantitative estimate of drug-likeness (QED) is 0.429. The molecule has 0 atom stereocenters. The third kappa shape index (κ3) is 2.06. The number of hydrogen-bond acceptors (Lipinski definition) is 1. The number of aromatic nitrogens is 2. The predicted molar refractivity (Wildman–Crippen MR) is 25.9 cm³/mol. The van der Waals surface area contributed by atoms with Gasteiger partial charge in [0, 0.05) is 6.20 Å². The molecule has 0 spiro atoms. The monoisotopic (exact) mass is 110 g/mol. The Bertz CT molecular complexity index is 116. The summed E-state index contributed by atoms with van der Waals surface area (Å²) in [4.78, 5) is 3.80. The second kappa shape index (κ2) is 3.18. The summed E-state index contributed by atoms with van der Waals surface area (Å²) < 4.78 is 11.5. The topological polar surface area (TPSA) is 17.8 Å². The van der Waals surface area contributed by atoms with Crippen LogP contribution in [0.1, 0.15) is 0 Å². The van der Waals surface area contributed by atoms with E-state index < -0.39 is 0 Å². The van der Waals surface area contributed by atoms with E-state index in [1.165, 1.54) is 12.4 Å². The zero-order chi connectivity index (χ0) is 4.41. The third-order valence-corrected chi connectivity index (χ3v) is 0.472. The Balaban J connectivity index is 0.000000360. The van der Waals surface area contributed by atoms with Gasteiger partial charge in [-0.2, -0.15) is 4.79 Å². The number of rotatable bonds is 0. The van der Waals surface area contributed by atoms with Crippen molar-refractivity contribution in [2.45, 2.75) is 0 Å². The molecular weight excluding hydrogens is 106 g/mol. The van der Waals surface area contributed by atoms with Gasteiger partial charge < -0.3 is 0 Å². The van der Waals surface area contributed by atoms with Crippen LogP contribution in [0, 0.1) is 0 Å². The molecule has 0 aliphatic carbocycles. The second-order valence-corrected chi connectivity index (χ2v) is 0.907. The molecule has 0 N–H and O–H groups in total. The van der Waals surface area contributed by atoms with E-state index in [4.69, 9.17) is 0 Å². The summed E-state index contributed by atoms with van der Waals surface area (Å²) in [6.07, 6.45) is 3.68. The Labute approximate surface area is 62.6 Å². The first kappa shape index (κ1) is 7.14. The molecule has 0 unspecified atom stereocenters. The fraction of sp³-hybridized carbons (Fsp3) is 0. The summed E-state index contributed by atoms with van der Waals surface area (Å²) in [7, 11) is 0. The van der Waals surface area contributed by atoms with E-state index in [9.17, 15) is 4.48 Å². The van der Waals surface area contributed by atoms with Gasteiger partial charge in [-0.15, -0.1) is 0 Å². The molecule has 0 fully saturated rings. The van der Waals surface area contributed by atoms with Crippen molar-refractivity contribution in [2.24, 2.45) is 0 Å². The van der Waals surface area contributed by atoms with Crippen LogP contribution in [-0.2, 0) is 0 Å². The van der Waals surface area contributed by atoms with Crippen molar-refractivity contribution in [3.8, 4) is 0 Å². The maximum atomic E-state index is 11.5. The van der Waals surface area contributed by atoms with E-state index in [0.29, 0.717) is 4.79 Å². The molecule has 0 aliphatic heterocycles. The van der Waals surface area contributed by atoms with Gasteiger partial charge in [-0.1, -0.05) is 4.48 Å².